The molecule has 16 heavy (non-hydrogen) atoms. The summed E-state index contributed by atoms with van der Waals surface area (Å²) >= 11 is 0. The quantitative estimate of drug-likeness (QED) is 0.680. The van der Waals surface area contributed by atoms with Gasteiger partial charge in [-0.25, -0.2) is 0 Å². The van der Waals surface area contributed by atoms with Crippen LogP contribution in [0.3, 0.4) is 0 Å². The van der Waals surface area contributed by atoms with Gasteiger partial charge in [-0.15, -0.1) is 0 Å². The lowest BCUT2D eigenvalue weighted by molar-refractivity contribution is -0.118. The lowest BCUT2D eigenvalue weighted by Crippen LogP contribution is -2.25. The third kappa shape index (κ3) is 2.49. The van der Waals surface area contributed by atoms with Crippen molar-refractivity contribution < 1.29 is 9.90 Å². The molecular weight excluding hydrogens is 204 g/mol. The number of hydrogen-bond donors (Lipinski definition) is 1. The van der Waals surface area contributed by atoms with Crippen LogP contribution in [-0.2, 0) is 4.79 Å². The number of aliphatic hydroxyl groups excluding tert-OH is 1. The fourth-order valence-corrected chi connectivity index (χ4v) is 1.70. The maximum atomic E-state index is 11.7. The second kappa shape index (κ2) is 4.20. The Morgan fingerprint density at radius 3 is 2.38 bits per heavy atom. The van der Waals surface area contributed by atoms with Gasteiger partial charge in [0.25, 0.3) is 0 Å². The van der Waals surface area contributed by atoms with Gasteiger partial charge in [0, 0.05) is 12.8 Å². The minimum atomic E-state index is -0.266. The molecule has 82 valence electrons. The van der Waals surface area contributed by atoms with Crippen molar-refractivity contribution in [1.29, 1.82) is 10.5 Å². The number of carbonyl (C=O) groups is 1. The summed E-state index contributed by atoms with van der Waals surface area (Å²) in [5.41, 5.74) is -0.343. The summed E-state index contributed by atoms with van der Waals surface area (Å²) < 4.78 is 0. The average Bonchev–Trinajstić information content (AvgIpc) is 2.15. The first kappa shape index (κ1) is 12.0. The number of aliphatic hydroxyl groups is 1. The van der Waals surface area contributed by atoms with Crippen LogP contribution in [0.25, 0.3) is 0 Å². The minimum Gasteiger partial charge on any atom is -0.512 e. The van der Waals surface area contributed by atoms with E-state index in [4.69, 9.17) is 10.5 Å². The van der Waals surface area contributed by atoms with E-state index in [0.717, 1.165) is 6.08 Å². The fraction of sp³-hybridized carbons (Fsp3) is 0.417. The first-order chi connectivity index (χ1) is 7.39. The zero-order valence-corrected chi connectivity index (χ0v) is 9.24. The third-order valence-corrected chi connectivity index (χ3v) is 2.43. The molecule has 0 aliphatic heterocycles. The maximum absolute atomic E-state index is 11.7. The van der Waals surface area contributed by atoms with Crippen molar-refractivity contribution in [3.63, 3.8) is 0 Å². The summed E-state index contributed by atoms with van der Waals surface area (Å²) in [7, 11) is 0. The number of rotatable bonds is 1. The zero-order valence-electron chi connectivity index (χ0n) is 9.24. The van der Waals surface area contributed by atoms with Gasteiger partial charge in [-0.3, -0.25) is 4.79 Å². The summed E-state index contributed by atoms with van der Waals surface area (Å²) in [5.74, 6) is -0.263. The molecule has 0 aromatic heterocycles. The van der Waals surface area contributed by atoms with E-state index in [1.165, 1.54) is 0 Å². The van der Waals surface area contributed by atoms with Crippen LogP contribution in [0.5, 0.6) is 0 Å². The number of carbonyl (C=O) groups excluding carboxylic acids is 1. The average molecular weight is 216 g/mol. The molecule has 0 radical (unpaired) electrons. The van der Waals surface area contributed by atoms with Crippen LogP contribution in [0.4, 0.5) is 0 Å². The number of Topliss-reactive ketones (excluding diaryl/α,β-unsaturated/α-hetero) is 1. The number of ketones is 1. The van der Waals surface area contributed by atoms with E-state index in [-0.39, 0.29) is 28.1 Å². The van der Waals surface area contributed by atoms with Crippen molar-refractivity contribution in [2.24, 2.45) is 5.41 Å². The number of nitrogens with zero attached hydrogens (tertiary/aromatic N) is 2. The monoisotopic (exact) mass is 216 g/mol. The second-order valence-corrected chi connectivity index (χ2v) is 4.58. The van der Waals surface area contributed by atoms with Gasteiger partial charge >= 0.3 is 0 Å². The molecule has 1 N–H and O–H groups in total. The van der Waals surface area contributed by atoms with Crippen molar-refractivity contribution >= 4 is 5.78 Å². The molecule has 0 aromatic rings. The summed E-state index contributed by atoms with van der Waals surface area (Å²) in [4.78, 5) is 11.7. The van der Waals surface area contributed by atoms with Gasteiger partial charge in [-0.1, -0.05) is 13.8 Å². The first-order valence-corrected chi connectivity index (χ1v) is 4.87. The highest BCUT2D eigenvalue weighted by Crippen LogP contribution is 2.36. The highest BCUT2D eigenvalue weighted by Gasteiger charge is 2.32. The number of nitriles is 2. The third-order valence-electron chi connectivity index (χ3n) is 2.43. The summed E-state index contributed by atoms with van der Waals surface area (Å²) in [6.45, 7) is 3.77. The smallest absolute Gasteiger partial charge is 0.166 e. The molecule has 0 unspecified atom stereocenters. The van der Waals surface area contributed by atoms with E-state index in [9.17, 15) is 9.90 Å². The Kier molecular flexibility index (Phi) is 3.15. The zero-order chi connectivity index (χ0) is 12.3. The Labute approximate surface area is 94.1 Å². The molecule has 0 aromatic carbocycles. The van der Waals surface area contributed by atoms with Gasteiger partial charge in [0.15, 0.2) is 5.78 Å². The van der Waals surface area contributed by atoms with E-state index in [2.05, 4.69) is 0 Å². The number of allylic oxidation sites excluding steroid dienone is 4. The van der Waals surface area contributed by atoms with E-state index in [1.807, 2.05) is 13.8 Å². The molecule has 1 aliphatic rings. The molecule has 0 saturated heterocycles. The molecule has 0 atom stereocenters. The van der Waals surface area contributed by atoms with Gasteiger partial charge < -0.3 is 5.11 Å². The summed E-state index contributed by atoms with van der Waals surface area (Å²) in [5, 5.41) is 26.9. The Balaban J connectivity index is 3.16. The van der Waals surface area contributed by atoms with Crippen LogP contribution in [0.1, 0.15) is 26.7 Å². The van der Waals surface area contributed by atoms with Crippen LogP contribution >= 0.6 is 0 Å². The van der Waals surface area contributed by atoms with Crippen molar-refractivity contribution in [2.75, 3.05) is 0 Å². The van der Waals surface area contributed by atoms with Gasteiger partial charge in [0.05, 0.1) is 5.57 Å². The molecule has 0 heterocycles. The van der Waals surface area contributed by atoms with E-state index in [0.29, 0.717) is 12.8 Å². The Morgan fingerprint density at radius 1 is 1.38 bits per heavy atom. The SMILES string of the molecule is CC1(C)CC(=O)C(C=C(C#N)C#N)=C(O)C1. The van der Waals surface area contributed by atoms with Crippen molar-refractivity contribution in [3.8, 4) is 12.1 Å². The highest BCUT2D eigenvalue weighted by atomic mass is 16.3. The molecule has 0 saturated carbocycles. The molecule has 0 amide bonds. The van der Waals surface area contributed by atoms with E-state index >= 15 is 0 Å². The highest BCUT2D eigenvalue weighted by molar-refractivity contribution is 6.00. The molecule has 4 heteroatoms. The first-order valence-electron chi connectivity index (χ1n) is 4.87. The normalized spacial score (nSPS) is 18.6. The standard InChI is InChI=1S/C12H12N2O2/c1-12(2)4-10(15)9(11(16)5-12)3-8(6-13)7-14/h3,15H,4-5H2,1-2H3. The topological polar surface area (TPSA) is 84.9 Å². The van der Waals surface area contributed by atoms with Gasteiger partial charge in [0.2, 0.25) is 0 Å². The lowest BCUT2D eigenvalue weighted by Gasteiger charge is -2.28. The van der Waals surface area contributed by atoms with Gasteiger partial charge in [-0.05, 0) is 11.5 Å². The van der Waals surface area contributed by atoms with Crippen molar-refractivity contribution in [2.45, 2.75) is 26.7 Å². The molecule has 0 bridgehead atoms. The Bertz CT molecular complexity index is 454. The van der Waals surface area contributed by atoms with Crippen LogP contribution in [0.15, 0.2) is 23.0 Å². The lowest BCUT2D eigenvalue weighted by atomic mass is 9.76. The van der Waals surface area contributed by atoms with Crippen LogP contribution < -0.4 is 0 Å². The molecule has 1 rings (SSSR count). The van der Waals surface area contributed by atoms with E-state index < -0.39 is 0 Å². The Morgan fingerprint density at radius 2 is 1.94 bits per heavy atom. The minimum absolute atomic E-state index is 0.0377. The molecule has 1 aliphatic carbocycles. The van der Waals surface area contributed by atoms with Crippen LogP contribution in [0, 0.1) is 28.1 Å². The van der Waals surface area contributed by atoms with Crippen molar-refractivity contribution in [3.05, 3.63) is 23.0 Å². The van der Waals surface area contributed by atoms with Gasteiger partial charge in [0.1, 0.15) is 23.5 Å². The fourth-order valence-electron chi connectivity index (χ4n) is 1.70. The summed E-state index contributed by atoms with van der Waals surface area (Å²) in [6.07, 6.45) is 1.86. The van der Waals surface area contributed by atoms with E-state index in [1.54, 1.807) is 12.1 Å². The Hall–Kier alpha value is -2.07. The second-order valence-electron chi connectivity index (χ2n) is 4.58. The maximum Gasteiger partial charge on any atom is 0.166 e. The van der Waals surface area contributed by atoms with Gasteiger partial charge in [-0.2, -0.15) is 10.5 Å². The van der Waals surface area contributed by atoms with Crippen LogP contribution in [0.2, 0.25) is 0 Å². The molecule has 0 fully saturated rings. The molecule has 0 spiro atoms. The largest absolute Gasteiger partial charge is 0.512 e. The number of hydrogen-bond acceptors (Lipinski definition) is 4. The predicted molar refractivity (Wildman–Crippen MR) is 57.0 cm³/mol. The van der Waals surface area contributed by atoms with Crippen molar-refractivity contribution in [1.82, 2.24) is 0 Å². The van der Waals surface area contributed by atoms with Crippen LogP contribution in [-0.4, -0.2) is 10.9 Å². The summed E-state index contributed by atoms with van der Waals surface area (Å²) in [6, 6.07) is 3.33. The molecule has 4 nitrogen and oxygen atoms in total. The molecular formula is C12H12N2O2. The predicted octanol–water partition coefficient (Wildman–Crippen LogP) is 2.16.